The molecule has 5 heteroatoms. The number of anilines is 2. The van der Waals surface area contributed by atoms with Gasteiger partial charge in [0, 0.05) is 22.7 Å². The summed E-state index contributed by atoms with van der Waals surface area (Å²) >= 11 is 5.98. The van der Waals surface area contributed by atoms with E-state index in [1.165, 1.54) is 12.8 Å². The summed E-state index contributed by atoms with van der Waals surface area (Å²) in [5, 5.41) is 4.00. The minimum atomic E-state index is 0.274. The number of halogens is 1. The van der Waals surface area contributed by atoms with Crippen molar-refractivity contribution in [3.8, 4) is 11.3 Å². The topological polar surface area (TPSA) is 63.8 Å². The normalized spacial score (nSPS) is 14.5. The molecular formula is C13H13ClN4. The summed E-state index contributed by atoms with van der Waals surface area (Å²) in [6, 6.07) is 9.98. The van der Waals surface area contributed by atoms with Crippen LogP contribution < -0.4 is 11.1 Å². The lowest BCUT2D eigenvalue weighted by Crippen LogP contribution is -2.06. The molecule has 2 aromatic rings. The van der Waals surface area contributed by atoms with E-state index in [1.54, 1.807) is 0 Å². The lowest BCUT2D eigenvalue weighted by Gasteiger charge is -2.07. The van der Waals surface area contributed by atoms with Crippen LogP contribution in [0.4, 0.5) is 11.8 Å². The second kappa shape index (κ2) is 4.46. The molecule has 0 saturated heterocycles. The van der Waals surface area contributed by atoms with E-state index >= 15 is 0 Å². The van der Waals surface area contributed by atoms with E-state index in [0.29, 0.717) is 11.1 Å². The number of hydrogen-bond donors (Lipinski definition) is 2. The molecule has 1 aliphatic carbocycles. The molecule has 0 aliphatic heterocycles. The van der Waals surface area contributed by atoms with Crippen molar-refractivity contribution in [1.82, 2.24) is 9.97 Å². The van der Waals surface area contributed by atoms with Gasteiger partial charge in [0.05, 0.1) is 5.69 Å². The predicted octanol–water partition coefficient (Wildman–Crippen LogP) is 2.95. The number of nitrogens with one attached hydrogen (secondary N) is 1. The van der Waals surface area contributed by atoms with E-state index in [1.807, 2.05) is 30.3 Å². The van der Waals surface area contributed by atoms with Gasteiger partial charge in [0.15, 0.2) is 0 Å². The van der Waals surface area contributed by atoms with E-state index in [9.17, 15) is 0 Å². The molecule has 0 amide bonds. The Bertz CT molecular complexity index is 581. The Morgan fingerprint density at radius 2 is 2.06 bits per heavy atom. The summed E-state index contributed by atoms with van der Waals surface area (Å²) in [5.41, 5.74) is 7.46. The lowest BCUT2D eigenvalue weighted by atomic mass is 10.1. The van der Waals surface area contributed by atoms with Crippen molar-refractivity contribution in [3.63, 3.8) is 0 Å². The van der Waals surface area contributed by atoms with Crippen LogP contribution in [0, 0.1) is 0 Å². The standard InChI is InChI=1S/C13H13ClN4/c14-9-3-1-2-8(6-9)11-7-12(16-10-4-5-10)18-13(15)17-11/h1-3,6-7,10H,4-5H2,(H3,15,16,17,18). The van der Waals surface area contributed by atoms with Crippen molar-refractivity contribution in [2.24, 2.45) is 0 Å². The van der Waals surface area contributed by atoms with Crippen molar-refractivity contribution >= 4 is 23.4 Å². The van der Waals surface area contributed by atoms with E-state index in [2.05, 4.69) is 15.3 Å². The molecule has 18 heavy (non-hydrogen) atoms. The smallest absolute Gasteiger partial charge is 0.222 e. The Labute approximate surface area is 110 Å². The summed E-state index contributed by atoms with van der Waals surface area (Å²) in [5.74, 6) is 1.05. The van der Waals surface area contributed by atoms with Gasteiger partial charge < -0.3 is 11.1 Å². The third-order valence-electron chi connectivity index (χ3n) is 2.79. The SMILES string of the molecule is Nc1nc(NC2CC2)cc(-c2cccc(Cl)c2)n1. The first-order valence-electron chi connectivity index (χ1n) is 5.88. The van der Waals surface area contributed by atoms with Gasteiger partial charge in [-0.05, 0) is 25.0 Å². The summed E-state index contributed by atoms with van der Waals surface area (Å²) in [7, 11) is 0. The van der Waals surface area contributed by atoms with E-state index in [0.717, 1.165) is 17.1 Å². The largest absolute Gasteiger partial charge is 0.368 e. The zero-order valence-corrected chi connectivity index (χ0v) is 10.5. The molecule has 1 saturated carbocycles. The first-order chi connectivity index (χ1) is 8.70. The van der Waals surface area contributed by atoms with Crippen molar-refractivity contribution in [1.29, 1.82) is 0 Å². The van der Waals surface area contributed by atoms with Gasteiger partial charge >= 0.3 is 0 Å². The van der Waals surface area contributed by atoms with Crippen LogP contribution in [0.1, 0.15) is 12.8 Å². The average Bonchev–Trinajstić information content (AvgIpc) is 3.12. The predicted molar refractivity (Wildman–Crippen MR) is 73.5 cm³/mol. The van der Waals surface area contributed by atoms with E-state index in [-0.39, 0.29) is 5.95 Å². The second-order valence-corrected chi connectivity index (χ2v) is 4.86. The summed E-state index contributed by atoms with van der Waals surface area (Å²) in [4.78, 5) is 8.43. The molecule has 1 aliphatic rings. The maximum atomic E-state index is 5.98. The van der Waals surface area contributed by atoms with Gasteiger partial charge in [0.2, 0.25) is 5.95 Å². The van der Waals surface area contributed by atoms with Crippen LogP contribution >= 0.6 is 11.6 Å². The van der Waals surface area contributed by atoms with Gasteiger partial charge in [-0.3, -0.25) is 0 Å². The van der Waals surface area contributed by atoms with Gasteiger partial charge in [-0.15, -0.1) is 0 Å². The Hall–Kier alpha value is -1.81. The van der Waals surface area contributed by atoms with Crippen molar-refractivity contribution in [2.75, 3.05) is 11.1 Å². The maximum absolute atomic E-state index is 5.98. The molecule has 3 rings (SSSR count). The fourth-order valence-corrected chi connectivity index (χ4v) is 1.96. The molecule has 0 atom stereocenters. The van der Waals surface area contributed by atoms with E-state index in [4.69, 9.17) is 17.3 Å². The van der Waals surface area contributed by atoms with Crippen molar-refractivity contribution in [2.45, 2.75) is 18.9 Å². The molecule has 0 bridgehead atoms. The lowest BCUT2D eigenvalue weighted by molar-refractivity contribution is 1.09. The molecule has 3 N–H and O–H groups in total. The highest BCUT2D eigenvalue weighted by atomic mass is 35.5. The number of aromatic nitrogens is 2. The quantitative estimate of drug-likeness (QED) is 0.891. The maximum Gasteiger partial charge on any atom is 0.222 e. The summed E-state index contributed by atoms with van der Waals surface area (Å²) < 4.78 is 0. The monoisotopic (exact) mass is 260 g/mol. The molecule has 0 spiro atoms. The number of nitrogens with zero attached hydrogens (tertiary/aromatic N) is 2. The number of nitrogen functional groups attached to an aromatic ring is 1. The molecule has 1 heterocycles. The van der Waals surface area contributed by atoms with E-state index < -0.39 is 0 Å². The molecule has 1 aromatic heterocycles. The highest BCUT2D eigenvalue weighted by Crippen LogP contribution is 2.27. The Morgan fingerprint density at radius 3 is 2.78 bits per heavy atom. The first kappa shape index (κ1) is 11.3. The zero-order valence-electron chi connectivity index (χ0n) is 9.73. The van der Waals surface area contributed by atoms with Crippen LogP contribution in [0.25, 0.3) is 11.3 Å². The van der Waals surface area contributed by atoms with Crippen LogP contribution in [-0.4, -0.2) is 16.0 Å². The Balaban J connectivity index is 1.97. The summed E-state index contributed by atoms with van der Waals surface area (Å²) in [6.07, 6.45) is 2.38. The Morgan fingerprint density at radius 1 is 1.22 bits per heavy atom. The fourth-order valence-electron chi connectivity index (χ4n) is 1.77. The number of benzene rings is 1. The fraction of sp³-hybridized carbons (Fsp3) is 0.231. The second-order valence-electron chi connectivity index (χ2n) is 4.43. The van der Waals surface area contributed by atoms with Gasteiger partial charge in [0.25, 0.3) is 0 Å². The highest BCUT2D eigenvalue weighted by Gasteiger charge is 2.21. The Kier molecular flexibility index (Phi) is 2.80. The van der Waals surface area contributed by atoms with Crippen molar-refractivity contribution in [3.05, 3.63) is 35.4 Å². The molecule has 92 valence electrons. The first-order valence-corrected chi connectivity index (χ1v) is 6.25. The minimum Gasteiger partial charge on any atom is -0.368 e. The molecule has 1 aromatic carbocycles. The molecule has 0 radical (unpaired) electrons. The molecule has 4 nitrogen and oxygen atoms in total. The number of rotatable bonds is 3. The van der Waals surface area contributed by atoms with Crippen LogP contribution in [0.15, 0.2) is 30.3 Å². The van der Waals surface area contributed by atoms with Crippen LogP contribution in [0.2, 0.25) is 5.02 Å². The summed E-state index contributed by atoms with van der Waals surface area (Å²) in [6.45, 7) is 0. The molecule has 0 unspecified atom stereocenters. The van der Waals surface area contributed by atoms with Crippen molar-refractivity contribution < 1.29 is 0 Å². The average molecular weight is 261 g/mol. The highest BCUT2D eigenvalue weighted by molar-refractivity contribution is 6.30. The molecular weight excluding hydrogens is 248 g/mol. The number of nitrogens with two attached hydrogens (primary N) is 1. The van der Waals surface area contributed by atoms with Crippen LogP contribution in [0.3, 0.4) is 0 Å². The van der Waals surface area contributed by atoms with Gasteiger partial charge in [-0.25, -0.2) is 4.98 Å². The third kappa shape index (κ3) is 2.54. The minimum absolute atomic E-state index is 0.274. The third-order valence-corrected chi connectivity index (χ3v) is 3.03. The number of hydrogen-bond acceptors (Lipinski definition) is 4. The van der Waals surface area contributed by atoms with Crippen LogP contribution in [0.5, 0.6) is 0 Å². The van der Waals surface area contributed by atoms with Gasteiger partial charge in [-0.1, -0.05) is 23.7 Å². The van der Waals surface area contributed by atoms with Gasteiger partial charge in [-0.2, -0.15) is 4.98 Å². The van der Waals surface area contributed by atoms with Gasteiger partial charge in [0.1, 0.15) is 5.82 Å². The molecule has 1 fully saturated rings. The van der Waals surface area contributed by atoms with Crippen LogP contribution in [-0.2, 0) is 0 Å². The zero-order chi connectivity index (χ0) is 12.5.